The van der Waals surface area contributed by atoms with Gasteiger partial charge in [0.1, 0.15) is 24.2 Å². The molecule has 0 heterocycles. The maximum absolute atomic E-state index is 14.1. The number of hydrogen-bond acceptors (Lipinski definition) is 5. The summed E-state index contributed by atoms with van der Waals surface area (Å²) in [5.41, 5.74) is 0.686. The molecule has 3 aromatic carbocycles. The number of sulfonamides is 1. The van der Waals surface area contributed by atoms with E-state index in [1.54, 1.807) is 25.1 Å². The molecule has 1 fully saturated rings. The van der Waals surface area contributed by atoms with E-state index in [0.29, 0.717) is 16.3 Å². The van der Waals surface area contributed by atoms with Gasteiger partial charge in [-0.3, -0.25) is 13.9 Å². The Morgan fingerprint density at radius 1 is 0.977 bits per heavy atom. The van der Waals surface area contributed by atoms with Crippen molar-refractivity contribution in [3.05, 3.63) is 88.2 Å². The number of amides is 2. The second-order valence-electron chi connectivity index (χ2n) is 10.5. The van der Waals surface area contributed by atoms with Gasteiger partial charge in [0.15, 0.2) is 0 Å². The van der Waals surface area contributed by atoms with Gasteiger partial charge in [0.2, 0.25) is 11.8 Å². The number of carbonyl (C=O) groups excluding carboxylic acids is 2. The van der Waals surface area contributed by atoms with Crippen molar-refractivity contribution < 1.29 is 27.1 Å². The van der Waals surface area contributed by atoms with Crippen LogP contribution in [0.4, 0.5) is 10.1 Å². The van der Waals surface area contributed by atoms with Crippen LogP contribution >= 0.6 is 23.2 Å². The van der Waals surface area contributed by atoms with E-state index in [9.17, 15) is 22.4 Å². The molecule has 1 saturated carbocycles. The zero-order chi connectivity index (χ0) is 31.1. The average molecular weight is 651 g/mol. The second-order valence-corrected chi connectivity index (χ2v) is 13.1. The molecule has 0 radical (unpaired) electrons. The van der Waals surface area contributed by atoms with Crippen LogP contribution in [0.1, 0.15) is 44.6 Å². The number of nitrogens with one attached hydrogen (secondary N) is 1. The first-order chi connectivity index (χ1) is 20.5. The van der Waals surface area contributed by atoms with Crippen LogP contribution in [0.5, 0.6) is 5.75 Å². The molecule has 1 aliphatic rings. The first kappa shape index (κ1) is 32.6. The Labute approximate surface area is 261 Å². The summed E-state index contributed by atoms with van der Waals surface area (Å²) >= 11 is 12.3. The van der Waals surface area contributed by atoms with Gasteiger partial charge in [-0.1, -0.05) is 48.5 Å². The third kappa shape index (κ3) is 8.19. The fourth-order valence-corrected chi connectivity index (χ4v) is 6.73. The van der Waals surface area contributed by atoms with Crippen LogP contribution < -0.4 is 14.4 Å². The van der Waals surface area contributed by atoms with Crippen LogP contribution in [-0.2, 0) is 26.2 Å². The highest BCUT2D eigenvalue weighted by atomic mass is 35.5. The van der Waals surface area contributed by atoms with E-state index in [2.05, 4.69) is 5.32 Å². The van der Waals surface area contributed by atoms with Gasteiger partial charge in [-0.2, -0.15) is 0 Å². The van der Waals surface area contributed by atoms with Crippen LogP contribution in [0.15, 0.2) is 71.6 Å². The molecule has 4 rings (SSSR count). The predicted octanol–water partition coefficient (Wildman–Crippen LogP) is 6.20. The number of rotatable bonds is 11. The molecule has 8 nitrogen and oxygen atoms in total. The summed E-state index contributed by atoms with van der Waals surface area (Å²) in [6.07, 6.45) is 4.86. The largest absolute Gasteiger partial charge is 0.497 e. The number of benzene rings is 3. The minimum Gasteiger partial charge on any atom is -0.497 e. The van der Waals surface area contributed by atoms with Crippen LogP contribution in [0, 0.1) is 5.82 Å². The van der Waals surface area contributed by atoms with Crippen molar-refractivity contribution in [2.45, 2.75) is 62.6 Å². The molecule has 0 saturated heterocycles. The Balaban J connectivity index is 1.68. The summed E-state index contributed by atoms with van der Waals surface area (Å²) in [4.78, 5) is 28.7. The quantitative estimate of drug-likeness (QED) is 0.267. The van der Waals surface area contributed by atoms with Gasteiger partial charge >= 0.3 is 0 Å². The normalized spacial score (nSPS) is 14.5. The summed E-state index contributed by atoms with van der Waals surface area (Å²) in [5, 5.41) is 3.66. The van der Waals surface area contributed by atoms with Crippen LogP contribution in [0.2, 0.25) is 10.0 Å². The first-order valence-corrected chi connectivity index (χ1v) is 16.2. The highest BCUT2D eigenvalue weighted by Gasteiger charge is 2.33. The smallest absolute Gasteiger partial charge is 0.264 e. The van der Waals surface area contributed by atoms with E-state index < -0.39 is 34.3 Å². The van der Waals surface area contributed by atoms with Crippen LogP contribution in [0.25, 0.3) is 0 Å². The summed E-state index contributed by atoms with van der Waals surface area (Å²) in [6.45, 7) is 0.922. The van der Waals surface area contributed by atoms with Crippen molar-refractivity contribution in [3.8, 4) is 5.75 Å². The number of halogens is 3. The third-order valence-corrected chi connectivity index (χ3v) is 10.0. The van der Waals surface area contributed by atoms with Crippen molar-refractivity contribution in [2.24, 2.45) is 0 Å². The summed E-state index contributed by atoms with van der Waals surface area (Å²) in [6, 6.07) is 14.5. The number of hydrogen-bond donors (Lipinski definition) is 1. The van der Waals surface area contributed by atoms with Gasteiger partial charge in [0, 0.05) is 12.6 Å². The lowest BCUT2D eigenvalue weighted by Crippen LogP contribution is -2.53. The van der Waals surface area contributed by atoms with Crippen molar-refractivity contribution in [1.82, 2.24) is 10.2 Å². The molecule has 1 atom stereocenters. The molecule has 0 bridgehead atoms. The Morgan fingerprint density at radius 2 is 1.63 bits per heavy atom. The van der Waals surface area contributed by atoms with E-state index in [1.165, 1.54) is 48.4 Å². The fourth-order valence-electron chi connectivity index (χ4n) is 5.00. The van der Waals surface area contributed by atoms with Crippen molar-refractivity contribution >= 4 is 50.7 Å². The lowest BCUT2D eigenvalue weighted by molar-refractivity contribution is -0.139. The summed E-state index contributed by atoms with van der Waals surface area (Å²) in [7, 11) is -2.85. The third-order valence-electron chi connectivity index (χ3n) is 7.50. The minimum absolute atomic E-state index is 0.0109. The van der Waals surface area contributed by atoms with E-state index in [0.717, 1.165) is 48.5 Å². The topological polar surface area (TPSA) is 96.0 Å². The van der Waals surface area contributed by atoms with Crippen molar-refractivity contribution in [3.63, 3.8) is 0 Å². The van der Waals surface area contributed by atoms with Gasteiger partial charge in [-0.15, -0.1) is 0 Å². The molecule has 0 spiro atoms. The molecule has 0 aliphatic heterocycles. The minimum atomic E-state index is -4.31. The van der Waals surface area contributed by atoms with Crippen molar-refractivity contribution in [1.29, 1.82) is 0 Å². The van der Waals surface area contributed by atoms with Gasteiger partial charge < -0.3 is 15.0 Å². The van der Waals surface area contributed by atoms with E-state index in [-0.39, 0.29) is 34.1 Å². The average Bonchev–Trinajstić information content (AvgIpc) is 3.01. The number of ether oxygens (including phenoxy) is 1. The van der Waals surface area contributed by atoms with Crippen LogP contribution in [-0.4, -0.2) is 50.9 Å². The highest BCUT2D eigenvalue weighted by Crippen LogP contribution is 2.27. The molecule has 1 aliphatic carbocycles. The maximum Gasteiger partial charge on any atom is 0.264 e. The van der Waals surface area contributed by atoms with Gasteiger partial charge in [0.25, 0.3) is 10.0 Å². The lowest BCUT2D eigenvalue weighted by Gasteiger charge is -2.33. The number of anilines is 1. The molecule has 3 aromatic rings. The molecule has 230 valence electrons. The fraction of sp³-hybridized carbons (Fsp3) is 0.355. The zero-order valence-corrected chi connectivity index (χ0v) is 26.3. The lowest BCUT2D eigenvalue weighted by atomic mass is 9.95. The Bertz CT molecular complexity index is 1530. The number of carbonyl (C=O) groups is 2. The Morgan fingerprint density at radius 3 is 2.23 bits per heavy atom. The second kappa shape index (κ2) is 14.4. The zero-order valence-electron chi connectivity index (χ0n) is 23.9. The molecule has 1 N–H and O–H groups in total. The van der Waals surface area contributed by atoms with Crippen LogP contribution in [0.3, 0.4) is 0 Å². The van der Waals surface area contributed by atoms with Crippen molar-refractivity contribution in [2.75, 3.05) is 18.0 Å². The molecule has 1 unspecified atom stereocenters. The summed E-state index contributed by atoms with van der Waals surface area (Å²) in [5.74, 6) is -1.09. The molecular weight excluding hydrogens is 616 g/mol. The van der Waals surface area contributed by atoms with Gasteiger partial charge in [0.05, 0.1) is 27.7 Å². The van der Waals surface area contributed by atoms with E-state index >= 15 is 0 Å². The monoisotopic (exact) mass is 649 g/mol. The van der Waals surface area contributed by atoms with E-state index in [4.69, 9.17) is 27.9 Å². The summed E-state index contributed by atoms with van der Waals surface area (Å²) < 4.78 is 47.6. The first-order valence-electron chi connectivity index (χ1n) is 14.0. The molecular formula is C31H34Cl2FN3O5S. The predicted molar refractivity (Wildman–Crippen MR) is 165 cm³/mol. The molecule has 0 aromatic heterocycles. The van der Waals surface area contributed by atoms with Gasteiger partial charge in [-0.05, 0) is 86.0 Å². The number of methoxy groups -OCH3 is 1. The standard InChI is InChI=1S/C31H34Cl2FN3O5S/c1-21(31(39)35-24-6-4-3-5-7-24)36(19-22-8-17-28(32)29(33)18-22)30(38)20-37(25-11-9-23(34)10-12-25)43(40,41)27-15-13-26(42-2)14-16-27/h8-18,21,24H,3-7,19-20H2,1-2H3,(H,35,39). The highest BCUT2D eigenvalue weighted by molar-refractivity contribution is 7.92. The number of nitrogens with zero attached hydrogens (tertiary/aromatic N) is 2. The maximum atomic E-state index is 14.1. The Kier molecular flexibility index (Phi) is 10.9. The Hall–Kier alpha value is -3.34. The van der Waals surface area contributed by atoms with E-state index in [1.807, 2.05) is 0 Å². The SMILES string of the molecule is COc1ccc(S(=O)(=O)N(CC(=O)N(Cc2ccc(Cl)c(Cl)c2)C(C)C(=O)NC2CCCCC2)c2ccc(F)cc2)cc1. The van der Waals surface area contributed by atoms with Gasteiger partial charge in [-0.25, -0.2) is 12.8 Å². The molecule has 2 amide bonds. The molecule has 43 heavy (non-hydrogen) atoms. The molecule has 12 heteroatoms.